The minimum atomic E-state index is -4.66. The van der Waals surface area contributed by atoms with Gasteiger partial charge in [-0.1, -0.05) is 0 Å². The van der Waals surface area contributed by atoms with E-state index in [4.69, 9.17) is 11.6 Å². The highest BCUT2D eigenvalue weighted by Crippen LogP contribution is 2.32. The van der Waals surface area contributed by atoms with Crippen molar-refractivity contribution in [2.45, 2.75) is 12.1 Å². The van der Waals surface area contributed by atoms with Gasteiger partial charge in [-0.2, -0.15) is 22.7 Å². The molecule has 1 aromatic heterocycles. The highest BCUT2D eigenvalue weighted by atomic mass is 35.5. The summed E-state index contributed by atoms with van der Waals surface area (Å²) < 4.78 is 49.8. The third-order valence-corrected chi connectivity index (χ3v) is 1.74. The maximum absolute atomic E-state index is 12.9. The molecule has 1 heterocycles. The lowest BCUT2D eigenvalue weighted by Crippen LogP contribution is -2.08. The summed E-state index contributed by atoms with van der Waals surface area (Å²) in [7, 11) is 1.08. The van der Waals surface area contributed by atoms with Crippen LogP contribution in [0.15, 0.2) is 0 Å². The number of nitrogens with zero attached hydrogens (tertiary/aromatic N) is 2. The molecular weight excluding hydrogens is 212 g/mol. The summed E-state index contributed by atoms with van der Waals surface area (Å²) in [6, 6.07) is 0. The van der Waals surface area contributed by atoms with Crippen LogP contribution < -0.4 is 0 Å². The monoisotopic (exact) mass is 216 g/mol. The van der Waals surface area contributed by atoms with E-state index in [9.17, 15) is 17.6 Å². The number of aryl methyl sites for hydroxylation is 1. The Labute approximate surface area is 76.1 Å². The van der Waals surface area contributed by atoms with Crippen LogP contribution in [-0.4, -0.2) is 9.78 Å². The Hall–Kier alpha value is -0.780. The summed E-state index contributed by atoms with van der Waals surface area (Å²) in [5.74, 6) is -1.60. The van der Waals surface area contributed by atoms with Crippen LogP contribution in [0.2, 0.25) is 0 Å². The first-order chi connectivity index (χ1) is 5.88. The van der Waals surface area contributed by atoms with Crippen LogP contribution in [-0.2, 0) is 19.1 Å². The fraction of sp³-hybridized carbons (Fsp3) is 0.500. The lowest BCUT2D eigenvalue weighted by atomic mass is 10.2. The number of hydrogen-bond acceptors (Lipinski definition) is 1. The maximum Gasteiger partial charge on any atom is 0.435 e. The van der Waals surface area contributed by atoms with Crippen LogP contribution in [0, 0.1) is 5.95 Å². The molecule has 0 amide bonds. The molecular formula is C6H5ClF4N2. The van der Waals surface area contributed by atoms with Gasteiger partial charge in [-0.15, -0.1) is 11.6 Å². The van der Waals surface area contributed by atoms with Crippen molar-refractivity contribution in [1.82, 2.24) is 9.78 Å². The molecule has 7 heteroatoms. The average molecular weight is 217 g/mol. The molecule has 0 spiro atoms. The van der Waals surface area contributed by atoms with Crippen LogP contribution in [0.4, 0.5) is 17.6 Å². The van der Waals surface area contributed by atoms with Crippen LogP contribution in [0.3, 0.4) is 0 Å². The van der Waals surface area contributed by atoms with Crippen LogP contribution in [0.1, 0.15) is 11.3 Å². The zero-order valence-corrected chi connectivity index (χ0v) is 7.25. The van der Waals surface area contributed by atoms with Gasteiger partial charge >= 0.3 is 6.18 Å². The minimum absolute atomic E-state index is 0.514. The molecule has 0 saturated carbocycles. The van der Waals surface area contributed by atoms with E-state index in [2.05, 4.69) is 5.10 Å². The average Bonchev–Trinajstić information content (AvgIpc) is 2.28. The Balaban J connectivity index is 3.30. The Morgan fingerprint density at radius 1 is 1.46 bits per heavy atom. The van der Waals surface area contributed by atoms with Gasteiger partial charge in [-0.3, -0.25) is 0 Å². The van der Waals surface area contributed by atoms with Gasteiger partial charge in [0.1, 0.15) is 0 Å². The summed E-state index contributed by atoms with van der Waals surface area (Å²) in [5.41, 5.74) is -1.88. The van der Waals surface area contributed by atoms with Gasteiger partial charge in [0.25, 0.3) is 0 Å². The van der Waals surface area contributed by atoms with Crippen molar-refractivity contribution in [3.8, 4) is 0 Å². The zero-order valence-electron chi connectivity index (χ0n) is 6.49. The van der Waals surface area contributed by atoms with E-state index < -0.39 is 29.3 Å². The van der Waals surface area contributed by atoms with E-state index in [1.807, 2.05) is 0 Å². The first-order valence-electron chi connectivity index (χ1n) is 3.22. The summed E-state index contributed by atoms with van der Waals surface area (Å²) in [6.07, 6.45) is -4.66. The van der Waals surface area contributed by atoms with Gasteiger partial charge in [-0.25, -0.2) is 4.68 Å². The molecule has 13 heavy (non-hydrogen) atoms. The minimum Gasteiger partial charge on any atom is -0.242 e. The summed E-state index contributed by atoms with van der Waals surface area (Å²) in [6.45, 7) is 0. The number of hydrogen-bond donors (Lipinski definition) is 0. The predicted molar refractivity (Wildman–Crippen MR) is 37.7 cm³/mol. The van der Waals surface area contributed by atoms with E-state index in [0.717, 1.165) is 7.05 Å². The molecule has 1 aromatic rings. The summed E-state index contributed by atoms with van der Waals surface area (Å²) in [4.78, 5) is 0. The molecule has 1 rings (SSSR count). The third-order valence-electron chi connectivity index (χ3n) is 1.47. The van der Waals surface area contributed by atoms with Crippen LogP contribution in [0.25, 0.3) is 0 Å². The van der Waals surface area contributed by atoms with Crippen molar-refractivity contribution >= 4 is 11.6 Å². The Morgan fingerprint density at radius 2 is 2.00 bits per heavy atom. The molecule has 0 fully saturated rings. The fourth-order valence-corrected chi connectivity index (χ4v) is 1.13. The Kier molecular flexibility index (Phi) is 2.51. The quantitative estimate of drug-likeness (QED) is 0.520. The lowest BCUT2D eigenvalue weighted by molar-refractivity contribution is -0.142. The zero-order chi connectivity index (χ0) is 10.2. The van der Waals surface area contributed by atoms with Gasteiger partial charge in [0.05, 0.1) is 11.4 Å². The van der Waals surface area contributed by atoms with E-state index in [1.54, 1.807) is 0 Å². The van der Waals surface area contributed by atoms with Crippen molar-refractivity contribution in [2.24, 2.45) is 7.05 Å². The van der Waals surface area contributed by atoms with Crippen molar-refractivity contribution in [1.29, 1.82) is 0 Å². The molecule has 0 aliphatic rings. The second-order valence-electron chi connectivity index (χ2n) is 2.37. The van der Waals surface area contributed by atoms with Gasteiger partial charge in [0, 0.05) is 7.05 Å². The fourth-order valence-electron chi connectivity index (χ4n) is 0.893. The number of alkyl halides is 4. The number of aromatic nitrogens is 2. The summed E-state index contributed by atoms with van der Waals surface area (Å²) >= 11 is 5.16. The first-order valence-corrected chi connectivity index (χ1v) is 3.76. The topological polar surface area (TPSA) is 17.8 Å². The van der Waals surface area contributed by atoms with E-state index >= 15 is 0 Å². The van der Waals surface area contributed by atoms with Crippen molar-refractivity contribution in [3.63, 3.8) is 0 Å². The number of rotatable bonds is 1. The second kappa shape index (κ2) is 3.17. The van der Waals surface area contributed by atoms with Gasteiger partial charge in [0.15, 0.2) is 5.69 Å². The molecule has 0 radical (unpaired) electrons. The van der Waals surface area contributed by atoms with Crippen molar-refractivity contribution < 1.29 is 17.6 Å². The molecule has 0 saturated heterocycles. The molecule has 0 aliphatic heterocycles. The van der Waals surface area contributed by atoms with Crippen molar-refractivity contribution in [3.05, 3.63) is 17.2 Å². The highest BCUT2D eigenvalue weighted by Gasteiger charge is 2.38. The number of halogens is 5. The lowest BCUT2D eigenvalue weighted by Gasteiger charge is -2.02. The van der Waals surface area contributed by atoms with Gasteiger partial charge < -0.3 is 0 Å². The second-order valence-corrected chi connectivity index (χ2v) is 2.64. The molecule has 2 nitrogen and oxygen atoms in total. The predicted octanol–water partition coefficient (Wildman–Crippen LogP) is 2.32. The standard InChI is InChI=1S/C6H5ClF4N2/c1-13-5(8)3(2-7)4(12-13)6(9,10)11/h2H2,1H3. The molecule has 74 valence electrons. The first kappa shape index (κ1) is 10.3. The smallest absolute Gasteiger partial charge is 0.242 e. The van der Waals surface area contributed by atoms with Crippen LogP contribution >= 0.6 is 11.6 Å². The maximum atomic E-state index is 12.9. The van der Waals surface area contributed by atoms with E-state index in [1.165, 1.54) is 0 Å². The SMILES string of the molecule is Cn1nc(C(F)(F)F)c(CCl)c1F. The largest absolute Gasteiger partial charge is 0.435 e. The summed E-state index contributed by atoms with van der Waals surface area (Å²) in [5, 5.41) is 2.98. The van der Waals surface area contributed by atoms with Crippen LogP contribution in [0.5, 0.6) is 0 Å². The Morgan fingerprint density at radius 3 is 2.31 bits per heavy atom. The third kappa shape index (κ3) is 1.77. The highest BCUT2D eigenvalue weighted by molar-refractivity contribution is 6.17. The molecule has 0 bridgehead atoms. The molecule has 0 N–H and O–H groups in total. The Bertz CT molecular complexity index is 317. The molecule has 0 atom stereocenters. The normalized spacial score (nSPS) is 12.2. The molecule has 0 aliphatic carbocycles. The van der Waals surface area contributed by atoms with Gasteiger partial charge in [-0.05, 0) is 0 Å². The molecule has 0 unspecified atom stereocenters. The molecule has 0 aromatic carbocycles. The van der Waals surface area contributed by atoms with Crippen molar-refractivity contribution in [2.75, 3.05) is 0 Å². The van der Waals surface area contributed by atoms with E-state index in [-0.39, 0.29) is 0 Å². The van der Waals surface area contributed by atoms with E-state index in [0.29, 0.717) is 4.68 Å². The van der Waals surface area contributed by atoms with Gasteiger partial charge in [0.2, 0.25) is 5.95 Å².